The van der Waals surface area contributed by atoms with Gasteiger partial charge in [0.2, 0.25) is 0 Å². The van der Waals surface area contributed by atoms with Crippen molar-refractivity contribution in [2.45, 2.75) is 55.4 Å². The maximum absolute atomic E-state index is 13.1. The number of carbonyl (C=O) groups excluding carboxylic acids is 3. The second-order valence-corrected chi connectivity index (χ2v) is 25.5. The van der Waals surface area contributed by atoms with E-state index in [1.165, 1.54) is 18.2 Å². The van der Waals surface area contributed by atoms with Crippen LogP contribution in [0.1, 0.15) is 51.5 Å². The molecule has 41 heavy (non-hydrogen) atoms. The van der Waals surface area contributed by atoms with Crippen molar-refractivity contribution in [3.05, 3.63) is 69.8 Å². The van der Waals surface area contributed by atoms with Gasteiger partial charge in [0.15, 0.2) is 6.29 Å². The summed E-state index contributed by atoms with van der Waals surface area (Å²) < 4.78 is 76.9. The Kier molecular flexibility index (Phi) is 13.1. The van der Waals surface area contributed by atoms with Crippen LogP contribution in [0.4, 0.5) is 26.3 Å². The zero-order chi connectivity index (χ0) is 32.0. The first-order valence-electron chi connectivity index (χ1n) is 12.2. The number of alkyl halides is 8. The smallest absolute Gasteiger partial charge is 0.355 e. The highest BCUT2D eigenvalue weighted by Crippen LogP contribution is 2.40. The van der Waals surface area contributed by atoms with Gasteiger partial charge in [0.25, 0.3) is 11.8 Å². The van der Waals surface area contributed by atoms with E-state index < -0.39 is 60.7 Å². The molecule has 0 fully saturated rings. The van der Waals surface area contributed by atoms with Gasteiger partial charge in [0.05, 0.1) is 31.0 Å². The molecule has 5 nitrogen and oxygen atoms in total. The first-order chi connectivity index (χ1) is 18.5. The van der Waals surface area contributed by atoms with Crippen LogP contribution in [0.25, 0.3) is 0 Å². The van der Waals surface area contributed by atoms with E-state index in [-0.39, 0.29) is 23.0 Å². The van der Waals surface area contributed by atoms with Gasteiger partial charge in [-0.05, 0) is 29.8 Å². The monoisotopic (exact) mass is 748 g/mol. The highest BCUT2D eigenvalue weighted by molar-refractivity contribution is 9.24. The number of benzene rings is 2. The summed E-state index contributed by atoms with van der Waals surface area (Å²) in [5.74, 6) is -1.04. The highest BCUT2D eigenvalue weighted by Gasteiger charge is 2.36. The minimum absolute atomic E-state index is 0.0185. The molecule has 2 aromatic rings. The number of carbonyl (C=O) groups is 3. The molecule has 0 bridgehead atoms. The van der Waals surface area contributed by atoms with Gasteiger partial charge < -0.3 is 10.6 Å². The van der Waals surface area contributed by atoms with Crippen LogP contribution in [0.2, 0.25) is 39.3 Å². The molecule has 228 valence electrons. The molecule has 15 heteroatoms. The lowest BCUT2D eigenvalue weighted by Gasteiger charge is -2.18. The highest BCUT2D eigenvalue weighted by atomic mass is 79.9. The third-order valence-electron chi connectivity index (χ3n) is 5.16. The molecule has 0 unspecified atom stereocenters. The SMILES string of the molecule is C[Si](C)(C)CNC(=O)c1ccc(C(Br)Br)c(C(F)(F)F)c1.C[Si](C)(C)CNC(=O)c1ccc(C=O)c(C(F)(F)F)c1. The minimum atomic E-state index is -4.66. The molecule has 2 aromatic carbocycles. The molecule has 0 aliphatic carbocycles. The van der Waals surface area contributed by atoms with E-state index in [0.29, 0.717) is 18.4 Å². The summed E-state index contributed by atoms with van der Waals surface area (Å²) in [4.78, 5) is 34.4. The summed E-state index contributed by atoms with van der Waals surface area (Å²) >= 11 is 6.13. The lowest BCUT2D eigenvalue weighted by Crippen LogP contribution is -2.39. The van der Waals surface area contributed by atoms with Crippen LogP contribution in [0.5, 0.6) is 0 Å². The fourth-order valence-electron chi connectivity index (χ4n) is 3.07. The second-order valence-electron chi connectivity index (χ2n) is 11.5. The molecule has 0 atom stereocenters. The van der Waals surface area contributed by atoms with E-state index in [1.54, 1.807) is 0 Å². The number of amides is 2. The Labute approximate surface area is 254 Å². The van der Waals surface area contributed by atoms with Gasteiger partial charge in [-0.3, -0.25) is 14.4 Å². The van der Waals surface area contributed by atoms with Crippen molar-refractivity contribution in [3.8, 4) is 0 Å². The van der Waals surface area contributed by atoms with E-state index in [2.05, 4.69) is 62.1 Å². The van der Waals surface area contributed by atoms with Gasteiger partial charge in [-0.2, -0.15) is 26.3 Å². The van der Waals surface area contributed by atoms with Gasteiger partial charge >= 0.3 is 12.4 Å². The van der Waals surface area contributed by atoms with Gasteiger partial charge in [0, 0.05) is 29.0 Å². The first-order valence-corrected chi connectivity index (χ1v) is 21.4. The molecule has 2 amide bonds. The number of hydrogen-bond donors (Lipinski definition) is 2. The summed E-state index contributed by atoms with van der Waals surface area (Å²) in [6.07, 6.45) is -8.04. The van der Waals surface area contributed by atoms with Crippen molar-refractivity contribution in [3.63, 3.8) is 0 Å². The average Bonchev–Trinajstić information content (AvgIpc) is 2.83. The van der Waals surface area contributed by atoms with Crippen LogP contribution in [-0.2, 0) is 12.4 Å². The van der Waals surface area contributed by atoms with Crippen LogP contribution in [-0.4, -0.2) is 46.6 Å². The van der Waals surface area contributed by atoms with Crippen LogP contribution in [0.3, 0.4) is 0 Å². The molecule has 2 rings (SSSR count). The molecule has 0 saturated heterocycles. The van der Waals surface area contributed by atoms with E-state index in [1.807, 2.05) is 19.6 Å². The Balaban J connectivity index is 0.000000410. The topological polar surface area (TPSA) is 75.3 Å². The van der Waals surface area contributed by atoms with E-state index >= 15 is 0 Å². The zero-order valence-corrected chi connectivity index (χ0v) is 28.5. The standard InChI is InChI=1S/C13H16Br2F3NOSi.C13H16F3NO2Si/c1-21(2,3)7-19-12(20)8-4-5-9(11(14)15)10(6-8)13(16,17)18;1-20(2,3)8-17-12(19)9-4-5-10(7-18)11(6-9)13(14,15)16/h4-6,11H,7H2,1-3H3,(H,19,20);4-7H,8H2,1-3H3,(H,17,19). The summed E-state index contributed by atoms with van der Waals surface area (Å²) in [6, 6.07) is 6.55. The Hall–Kier alpha value is -1.98. The number of nitrogens with one attached hydrogen (secondary N) is 2. The zero-order valence-electron chi connectivity index (χ0n) is 23.3. The quantitative estimate of drug-likeness (QED) is 0.124. The third-order valence-corrected chi connectivity index (χ3v) is 8.62. The van der Waals surface area contributed by atoms with Gasteiger partial charge in [0.1, 0.15) is 0 Å². The Morgan fingerprint density at radius 2 is 1.15 bits per heavy atom. The maximum Gasteiger partial charge on any atom is 0.417 e. The van der Waals surface area contributed by atoms with E-state index in [0.717, 1.165) is 12.1 Å². The maximum atomic E-state index is 13.1. The summed E-state index contributed by atoms with van der Waals surface area (Å²) in [7, 11) is -3.03. The van der Waals surface area contributed by atoms with Crippen molar-refractivity contribution in [1.29, 1.82) is 0 Å². The number of rotatable bonds is 8. The van der Waals surface area contributed by atoms with Crippen molar-refractivity contribution in [2.75, 3.05) is 12.3 Å². The molecule has 0 spiro atoms. The Bertz CT molecular complexity index is 1240. The Morgan fingerprint density at radius 3 is 1.49 bits per heavy atom. The predicted molar refractivity (Wildman–Crippen MR) is 160 cm³/mol. The fourth-order valence-corrected chi connectivity index (χ4v) is 5.25. The van der Waals surface area contributed by atoms with E-state index in [9.17, 15) is 40.7 Å². The molecule has 0 aliphatic heterocycles. The largest absolute Gasteiger partial charge is 0.417 e. The number of hydrogen-bond acceptors (Lipinski definition) is 3. The molecule has 0 aliphatic rings. The second kappa shape index (κ2) is 14.5. The van der Waals surface area contributed by atoms with Crippen LogP contribution >= 0.6 is 31.9 Å². The minimum Gasteiger partial charge on any atom is -0.355 e. The lowest BCUT2D eigenvalue weighted by molar-refractivity contribution is -0.138. The van der Waals surface area contributed by atoms with Crippen LogP contribution in [0.15, 0.2) is 36.4 Å². The average molecular weight is 751 g/mol. The summed E-state index contributed by atoms with van der Waals surface area (Å²) in [5.41, 5.74) is -2.41. The van der Waals surface area contributed by atoms with Crippen molar-refractivity contribution >= 4 is 66.1 Å². The first kappa shape index (κ1) is 37.0. The molecule has 0 heterocycles. The normalized spacial score (nSPS) is 12.4. The molecule has 0 saturated carbocycles. The van der Waals surface area contributed by atoms with Gasteiger partial charge in [-0.25, -0.2) is 0 Å². The number of halogens is 8. The lowest BCUT2D eigenvalue weighted by atomic mass is 10.0. The van der Waals surface area contributed by atoms with Gasteiger partial charge in [-0.15, -0.1) is 0 Å². The predicted octanol–water partition coefficient (Wildman–Crippen LogP) is 8.23. The van der Waals surface area contributed by atoms with Crippen molar-refractivity contribution in [1.82, 2.24) is 10.6 Å². The van der Waals surface area contributed by atoms with Crippen molar-refractivity contribution < 1.29 is 40.7 Å². The summed E-state index contributed by atoms with van der Waals surface area (Å²) in [6.45, 7) is 12.3. The Morgan fingerprint density at radius 1 is 0.756 bits per heavy atom. The third kappa shape index (κ3) is 12.8. The van der Waals surface area contributed by atoms with E-state index in [4.69, 9.17) is 0 Å². The molecule has 0 aromatic heterocycles. The molecular weight excluding hydrogens is 718 g/mol. The number of aldehydes is 1. The molecule has 2 N–H and O–H groups in total. The van der Waals surface area contributed by atoms with Crippen molar-refractivity contribution in [2.24, 2.45) is 0 Å². The molecule has 0 radical (unpaired) electrons. The van der Waals surface area contributed by atoms with Gasteiger partial charge in [-0.1, -0.05) is 83.3 Å². The summed E-state index contributed by atoms with van der Waals surface area (Å²) in [5, 5.41) is 5.32. The van der Waals surface area contributed by atoms with Crippen LogP contribution in [0, 0.1) is 0 Å². The fraction of sp³-hybridized carbons (Fsp3) is 0.423. The van der Waals surface area contributed by atoms with Crippen LogP contribution < -0.4 is 10.6 Å². The molecular formula is C26H32Br2F6N2O3Si2.